The van der Waals surface area contributed by atoms with Gasteiger partial charge in [-0.1, -0.05) is 0 Å². The van der Waals surface area contributed by atoms with Crippen molar-refractivity contribution in [2.75, 3.05) is 20.3 Å². The third kappa shape index (κ3) is 8.05. The predicted molar refractivity (Wildman–Crippen MR) is 101 cm³/mol. The summed E-state index contributed by atoms with van der Waals surface area (Å²) in [5, 5.41) is 0. The van der Waals surface area contributed by atoms with E-state index < -0.39 is 82.9 Å². The molecule has 1 aliphatic heterocycles. The predicted octanol–water partition coefficient (Wildman–Crippen LogP) is -1.84. The SMILES string of the molecule is COC(=O)CNS(=O)(=O)[C@@H]1O[C@H](COC(C)=O)[C@@H](OC(C)=O)[C@H](OC(C)=O)[C@H]1OC(C)=O. The molecule has 0 spiro atoms. The number of methoxy groups -OCH3 is 1. The monoisotopic (exact) mass is 483 g/mol. The summed E-state index contributed by atoms with van der Waals surface area (Å²) in [6.45, 7) is 2.66. The third-order valence-electron chi connectivity index (χ3n) is 3.90. The van der Waals surface area contributed by atoms with E-state index in [-0.39, 0.29) is 0 Å². The van der Waals surface area contributed by atoms with Crippen LogP contribution in [0.15, 0.2) is 0 Å². The van der Waals surface area contributed by atoms with E-state index in [4.69, 9.17) is 23.7 Å². The van der Waals surface area contributed by atoms with E-state index in [1.54, 1.807) is 0 Å². The second-order valence-electron chi connectivity index (χ2n) is 6.51. The molecule has 0 saturated carbocycles. The van der Waals surface area contributed by atoms with Crippen molar-refractivity contribution in [2.45, 2.75) is 57.5 Å². The molecule has 0 aromatic carbocycles. The van der Waals surface area contributed by atoms with Crippen molar-refractivity contribution < 1.29 is 60.8 Å². The van der Waals surface area contributed by atoms with Crippen LogP contribution in [0.5, 0.6) is 0 Å². The van der Waals surface area contributed by atoms with Gasteiger partial charge in [0.05, 0.1) is 7.11 Å². The van der Waals surface area contributed by atoms with Crippen molar-refractivity contribution in [3.8, 4) is 0 Å². The van der Waals surface area contributed by atoms with Crippen molar-refractivity contribution in [1.82, 2.24) is 4.72 Å². The summed E-state index contributed by atoms with van der Waals surface area (Å²) in [6.07, 6.45) is -6.43. The number of hydrogen-bond acceptors (Lipinski definition) is 13. The van der Waals surface area contributed by atoms with Gasteiger partial charge in [0.1, 0.15) is 19.3 Å². The molecule has 0 radical (unpaired) electrons. The summed E-state index contributed by atoms with van der Waals surface area (Å²) in [7, 11) is -3.57. The van der Waals surface area contributed by atoms with Crippen LogP contribution in [0.3, 0.4) is 0 Å². The smallest absolute Gasteiger partial charge is 0.320 e. The summed E-state index contributed by atoms with van der Waals surface area (Å²) in [5.74, 6) is -4.45. The van der Waals surface area contributed by atoms with Gasteiger partial charge in [0, 0.05) is 27.7 Å². The second kappa shape index (κ2) is 11.7. The Bertz CT molecular complexity index is 839. The zero-order valence-corrected chi connectivity index (χ0v) is 18.8. The van der Waals surface area contributed by atoms with Gasteiger partial charge in [0.2, 0.25) is 15.5 Å². The Labute approximate surface area is 183 Å². The summed E-state index contributed by atoms with van der Waals surface area (Å²) < 4.78 is 57.6. The average molecular weight is 483 g/mol. The van der Waals surface area contributed by atoms with Gasteiger partial charge < -0.3 is 28.4 Å². The van der Waals surface area contributed by atoms with E-state index in [9.17, 15) is 32.4 Å². The lowest BCUT2D eigenvalue weighted by Crippen LogP contribution is -2.65. The van der Waals surface area contributed by atoms with E-state index >= 15 is 0 Å². The number of carbonyl (C=O) groups is 5. The highest BCUT2D eigenvalue weighted by Gasteiger charge is 2.56. The van der Waals surface area contributed by atoms with Crippen LogP contribution < -0.4 is 4.72 Å². The lowest BCUT2D eigenvalue weighted by molar-refractivity contribution is -0.238. The molecule has 1 heterocycles. The van der Waals surface area contributed by atoms with Gasteiger partial charge in [-0.15, -0.1) is 0 Å². The number of carbonyl (C=O) groups excluding carboxylic acids is 5. The van der Waals surface area contributed by atoms with Crippen LogP contribution in [-0.4, -0.2) is 88.4 Å². The lowest BCUT2D eigenvalue weighted by atomic mass is 9.99. The number of esters is 5. The first-order valence-electron chi connectivity index (χ1n) is 9.14. The fourth-order valence-electron chi connectivity index (χ4n) is 2.75. The molecular weight excluding hydrogens is 458 g/mol. The quantitative estimate of drug-likeness (QED) is 0.285. The van der Waals surface area contributed by atoms with Crippen molar-refractivity contribution in [2.24, 2.45) is 0 Å². The molecule has 5 atom stereocenters. The molecule has 0 aliphatic carbocycles. The van der Waals surface area contributed by atoms with Gasteiger partial charge >= 0.3 is 29.8 Å². The zero-order chi connectivity index (χ0) is 24.6. The fraction of sp³-hybridized carbons (Fsp3) is 0.706. The first-order chi connectivity index (χ1) is 14.8. The lowest BCUT2D eigenvalue weighted by Gasteiger charge is -2.43. The number of rotatable bonds is 9. The van der Waals surface area contributed by atoms with Crippen molar-refractivity contribution >= 4 is 39.9 Å². The van der Waals surface area contributed by atoms with Gasteiger partial charge in [0.15, 0.2) is 18.3 Å². The van der Waals surface area contributed by atoms with Crippen LogP contribution in [0.4, 0.5) is 0 Å². The zero-order valence-electron chi connectivity index (χ0n) is 18.0. The number of hydrogen-bond donors (Lipinski definition) is 1. The molecule has 32 heavy (non-hydrogen) atoms. The molecule has 14 nitrogen and oxygen atoms in total. The Balaban J connectivity index is 3.47. The summed E-state index contributed by atoms with van der Waals surface area (Å²) in [5.41, 5.74) is -2.05. The largest absolute Gasteiger partial charge is 0.468 e. The minimum Gasteiger partial charge on any atom is -0.468 e. The van der Waals surface area contributed by atoms with Crippen LogP contribution in [0.1, 0.15) is 27.7 Å². The molecule has 1 aliphatic rings. The Morgan fingerprint density at radius 1 is 0.812 bits per heavy atom. The minimum atomic E-state index is -4.60. The normalized spacial score (nSPS) is 25.2. The molecule has 0 unspecified atom stereocenters. The Morgan fingerprint density at radius 2 is 1.31 bits per heavy atom. The van der Waals surface area contributed by atoms with Crippen LogP contribution in [0, 0.1) is 0 Å². The maximum atomic E-state index is 12.9. The molecule has 0 aromatic rings. The number of ether oxygens (including phenoxy) is 6. The van der Waals surface area contributed by atoms with E-state index in [1.165, 1.54) is 0 Å². The van der Waals surface area contributed by atoms with Crippen LogP contribution in [0.2, 0.25) is 0 Å². The van der Waals surface area contributed by atoms with Gasteiger partial charge in [-0.3, -0.25) is 24.0 Å². The maximum Gasteiger partial charge on any atom is 0.320 e. The van der Waals surface area contributed by atoms with E-state index in [2.05, 4.69) is 4.74 Å². The summed E-state index contributed by atoms with van der Waals surface area (Å²) >= 11 is 0. The van der Waals surface area contributed by atoms with Crippen LogP contribution >= 0.6 is 0 Å². The minimum absolute atomic E-state index is 0.596. The molecule has 15 heteroatoms. The van der Waals surface area contributed by atoms with Crippen molar-refractivity contribution in [3.63, 3.8) is 0 Å². The maximum absolute atomic E-state index is 12.9. The Hall–Kier alpha value is -2.78. The van der Waals surface area contributed by atoms with Gasteiger partial charge in [0.25, 0.3) is 0 Å². The highest BCUT2D eigenvalue weighted by Crippen LogP contribution is 2.31. The summed E-state index contributed by atoms with van der Waals surface area (Å²) in [6, 6.07) is 0. The van der Waals surface area contributed by atoms with Gasteiger partial charge in [-0.25, -0.2) is 13.1 Å². The van der Waals surface area contributed by atoms with Crippen LogP contribution in [-0.2, 0) is 62.4 Å². The molecule has 0 bridgehead atoms. The van der Waals surface area contributed by atoms with Crippen molar-refractivity contribution in [3.05, 3.63) is 0 Å². The molecular formula is C17H25NO13S. The third-order valence-corrected chi connectivity index (χ3v) is 5.44. The van der Waals surface area contributed by atoms with E-state index in [1.807, 2.05) is 4.72 Å². The standard InChI is InChI=1S/C17H25NO13S/c1-8(19)27-7-12-14(28-9(2)20)15(29-10(3)21)16(30-11(4)22)17(31-12)32(24,25)18-6-13(23)26-5/h12,14-18H,6-7H2,1-5H3/t12-,14-,15+,16-,17+/m1/s1. The van der Waals surface area contributed by atoms with E-state index in [0.717, 1.165) is 34.8 Å². The van der Waals surface area contributed by atoms with E-state index in [0.29, 0.717) is 0 Å². The highest BCUT2D eigenvalue weighted by molar-refractivity contribution is 7.90. The molecule has 1 rings (SSSR count). The topological polar surface area (TPSA) is 187 Å². The van der Waals surface area contributed by atoms with Crippen molar-refractivity contribution in [1.29, 1.82) is 0 Å². The fourth-order valence-corrected chi connectivity index (χ4v) is 4.09. The first kappa shape index (κ1) is 27.3. The Morgan fingerprint density at radius 3 is 1.78 bits per heavy atom. The first-order valence-corrected chi connectivity index (χ1v) is 10.7. The molecule has 0 amide bonds. The van der Waals surface area contributed by atoms with Gasteiger partial charge in [-0.2, -0.15) is 0 Å². The Kier molecular flexibility index (Phi) is 9.99. The second-order valence-corrected chi connectivity index (χ2v) is 8.35. The summed E-state index contributed by atoms with van der Waals surface area (Å²) in [4.78, 5) is 57.6. The highest BCUT2D eigenvalue weighted by atomic mass is 32.2. The molecule has 1 saturated heterocycles. The number of nitrogens with one attached hydrogen (secondary N) is 1. The van der Waals surface area contributed by atoms with Crippen LogP contribution in [0.25, 0.3) is 0 Å². The molecule has 0 aromatic heterocycles. The van der Waals surface area contributed by atoms with Gasteiger partial charge in [-0.05, 0) is 0 Å². The molecule has 182 valence electrons. The molecule has 1 fully saturated rings. The number of sulfonamides is 1. The average Bonchev–Trinajstić information content (AvgIpc) is 2.66. The molecule has 1 N–H and O–H groups in total.